The van der Waals surface area contributed by atoms with Crippen LogP contribution < -0.4 is 4.74 Å². The van der Waals surface area contributed by atoms with Crippen LogP contribution in [0.1, 0.15) is 18.9 Å². The lowest BCUT2D eigenvalue weighted by atomic mass is 10.6. The molecule has 1 aromatic heterocycles. The van der Waals surface area contributed by atoms with Crippen LogP contribution in [-0.4, -0.2) is 16.9 Å². The van der Waals surface area contributed by atoms with Crippen molar-refractivity contribution < 1.29 is 4.74 Å². The third-order valence-corrected chi connectivity index (χ3v) is 2.57. The number of rotatable bonds is 2. The first-order valence-electron chi connectivity index (χ1n) is 3.60. The quantitative estimate of drug-likeness (QED) is 0.757. The van der Waals surface area contributed by atoms with Gasteiger partial charge in [0.15, 0.2) is 5.75 Å². The molecular formula is C7H9BrN2O. The molecule has 0 aliphatic heterocycles. The Morgan fingerprint density at radius 3 is 2.91 bits per heavy atom. The number of ether oxygens (including phenoxy) is 1. The second-order valence-electron chi connectivity index (χ2n) is 2.68. The smallest absolute Gasteiger partial charge is 0.171 e. The second-order valence-corrected chi connectivity index (χ2v) is 3.43. The van der Waals surface area contributed by atoms with Crippen molar-refractivity contribution in [3.05, 3.63) is 10.8 Å². The van der Waals surface area contributed by atoms with Crippen LogP contribution in [0.2, 0.25) is 0 Å². The van der Waals surface area contributed by atoms with Crippen molar-refractivity contribution in [1.82, 2.24) is 9.78 Å². The Hall–Kier alpha value is -0.510. The van der Waals surface area contributed by atoms with E-state index in [1.54, 1.807) is 13.3 Å². The summed E-state index contributed by atoms with van der Waals surface area (Å²) in [7, 11) is 1.65. The molecule has 60 valence electrons. The fraction of sp³-hybridized carbons (Fsp3) is 0.571. The Kier molecular flexibility index (Phi) is 1.64. The number of nitrogens with zero attached hydrogens (tertiary/aromatic N) is 2. The lowest BCUT2D eigenvalue weighted by molar-refractivity contribution is 0.410. The van der Waals surface area contributed by atoms with Gasteiger partial charge in [-0.1, -0.05) is 0 Å². The van der Waals surface area contributed by atoms with Crippen LogP contribution in [0.25, 0.3) is 0 Å². The van der Waals surface area contributed by atoms with Crippen LogP contribution in [0.4, 0.5) is 0 Å². The minimum absolute atomic E-state index is 0.605. The Labute approximate surface area is 73.5 Å². The maximum absolute atomic E-state index is 5.07. The maximum Gasteiger partial charge on any atom is 0.171 e. The van der Waals surface area contributed by atoms with E-state index < -0.39 is 0 Å². The molecule has 2 rings (SSSR count). The van der Waals surface area contributed by atoms with E-state index in [0.717, 1.165) is 10.4 Å². The predicted octanol–water partition coefficient (Wildman–Crippen LogP) is 1.99. The third kappa shape index (κ3) is 1.15. The molecule has 0 aromatic carbocycles. The fourth-order valence-corrected chi connectivity index (χ4v) is 1.69. The van der Waals surface area contributed by atoms with Crippen LogP contribution >= 0.6 is 15.9 Å². The number of hydrogen-bond donors (Lipinski definition) is 0. The lowest BCUT2D eigenvalue weighted by Crippen LogP contribution is -1.95. The molecule has 0 unspecified atom stereocenters. The average Bonchev–Trinajstić information content (AvgIpc) is 2.77. The summed E-state index contributed by atoms with van der Waals surface area (Å²) in [5.74, 6) is 0.817. The second kappa shape index (κ2) is 2.52. The van der Waals surface area contributed by atoms with E-state index in [2.05, 4.69) is 21.0 Å². The van der Waals surface area contributed by atoms with Gasteiger partial charge in [-0.05, 0) is 28.8 Å². The molecule has 0 N–H and O–H groups in total. The van der Waals surface area contributed by atoms with Gasteiger partial charge in [0.2, 0.25) is 0 Å². The highest BCUT2D eigenvalue weighted by atomic mass is 79.9. The van der Waals surface area contributed by atoms with E-state index >= 15 is 0 Å². The molecule has 1 saturated carbocycles. The van der Waals surface area contributed by atoms with E-state index in [4.69, 9.17) is 4.74 Å². The van der Waals surface area contributed by atoms with E-state index in [0.29, 0.717) is 6.04 Å². The number of hydrogen-bond acceptors (Lipinski definition) is 2. The van der Waals surface area contributed by atoms with Crippen molar-refractivity contribution in [2.45, 2.75) is 18.9 Å². The van der Waals surface area contributed by atoms with Crippen LogP contribution in [-0.2, 0) is 0 Å². The van der Waals surface area contributed by atoms with Gasteiger partial charge in [0.05, 0.1) is 19.3 Å². The van der Waals surface area contributed by atoms with Gasteiger partial charge in [-0.2, -0.15) is 5.10 Å². The molecule has 0 spiro atoms. The maximum atomic E-state index is 5.07. The summed E-state index contributed by atoms with van der Waals surface area (Å²) in [4.78, 5) is 0. The Balaban J connectivity index is 2.33. The zero-order valence-electron chi connectivity index (χ0n) is 6.25. The highest BCUT2D eigenvalue weighted by molar-refractivity contribution is 9.10. The molecule has 0 radical (unpaired) electrons. The predicted molar refractivity (Wildman–Crippen MR) is 44.8 cm³/mol. The van der Waals surface area contributed by atoms with Crippen molar-refractivity contribution in [2.75, 3.05) is 7.11 Å². The van der Waals surface area contributed by atoms with Gasteiger partial charge < -0.3 is 4.74 Å². The van der Waals surface area contributed by atoms with Gasteiger partial charge in [0, 0.05) is 0 Å². The molecule has 1 aliphatic rings. The summed E-state index contributed by atoms with van der Waals surface area (Å²) < 4.78 is 8.01. The number of halogens is 1. The minimum Gasteiger partial charge on any atom is -0.492 e. The van der Waals surface area contributed by atoms with Gasteiger partial charge in [0.1, 0.15) is 4.60 Å². The summed E-state index contributed by atoms with van der Waals surface area (Å²) in [6.45, 7) is 0. The molecular weight excluding hydrogens is 208 g/mol. The van der Waals surface area contributed by atoms with Crippen LogP contribution in [0.5, 0.6) is 5.75 Å². The van der Waals surface area contributed by atoms with Crippen LogP contribution in [0, 0.1) is 0 Å². The minimum atomic E-state index is 0.605. The first-order valence-corrected chi connectivity index (χ1v) is 4.39. The van der Waals surface area contributed by atoms with E-state index in [1.807, 2.05) is 4.68 Å². The van der Waals surface area contributed by atoms with Gasteiger partial charge >= 0.3 is 0 Å². The Morgan fingerprint density at radius 1 is 1.73 bits per heavy atom. The highest BCUT2D eigenvalue weighted by Crippen LogP contribution is 2.39. The van der Waals surface area contributed by atoms with Crippen LogP contribution in [0.3, 0.4) is 0 Å². The normalized spacial score (nSPS) is 16.9. The molecule has 1 aromatic rings. The summed E-state index contributed by atoms with van der Waals surface area (Å²) >= 11 is 3.43. The summed E-state index contributed by atoms with van der Waals surface area (Å²) in [5, 5.41) is 4.19. The average molecular weight is 217 g/mol. The van der Waals surface area contributed by atoms with Gasteiger partial charge in [-0.15, -0.1) is 0 Å². The topological polar surface area (TPSA) is 27.1 Å². The first kappa shape index (κ1) is 7.16. The summed E-state index contributed by atoms with van der Waals surface area (Å²) in [6, 6.07) is 0.605. The van der Waals surface area contributed by atoms with Crippen molar-refractivity contribution in [2.24, 2.45) is 0 Å². The molecule has 0 bridgehead atoms. The molecule has 0 atom stereocenters. The molecule has 3 nitrogen and oxygen atoms in total. The Morgan fingerprint density at radius 2 is 2.45 bits per heavy atom. The molecule has 4 heteroatoms. The van der Waals surface area contributed by atoms with Gasteiger partial charge in [0.25, 0.3) is 0 Å². The van der Waals surface area contributed by atoms with E-state index in [1.165, 1.54) is 12.8 Å². The Bertz CT molecular complexity index is 267. The number of aromatic nitrogens is 2. The van der Waals surface area contributed by atoms with Crippen molar-refractivity contribution in [3.63, 3.8) is 0 Å². The summed E-state index contributed by atoms with van der Waals surface area (Å²) in [6.07, 6.45) is 4.22. The zero-order valence-corrected chi connectivity index (χ0v) is 7.84. The molecule has 1 heterocycles. The van der Waals surface area contributed by atoms with E-state index in [-0.39, 0.29) is 0 Å². The molecule has 0 saturated heterocycles. The van der Waals surface area contributed by atoms with Crippen molar-refractivity contribution >= 4 is 15.9 Å². The fourth-order valence-electron chi connectivity index (χ4n) is 1.04. The first-order chi connectivity index (χ1) is 5.33. The van der Waals surface area contributed by atoms with Crippen molar-refractivity contribution in [1.29, 1.82) is 0 Å². The van der Waals surface area contributed by atoms with Crippen LogP contribution in [0.15, 0.2) is 10.8 Å². The standard InChI is InChI=1S/C7H9BrN2O/c1-11-6-4-9-10(7(6)8)5-2-3-5/h4-5H,2-3H2,1H3. The largest absolute Gasteiger partial charge is 0.492 e. The van der Waals surface area contributed by atoms with Gasteiger partial charge in [-0.3, -0.25) is 4.68 Å². The SMILES string of the molecule is COc1cnn(C2CC2)c1Br. The van der Waals surface area contributed by atoms with Crippen molar-refractivity contribution in [3.8, 4) is 5.75 Å². The highest BCUT2D eigenvalue weighted by Gasteiger charge is 2.27. The monoisotopic (exact) mass is 216 g/mol. The summed E-state index contributed by atoms with van der Waals surface area (Å²) in [5.41, 5.74) is 0. The number of methoxy groups -OCH3 is 1. The molecule has 0 amide bonds. The zero-order chi connectivity index (χ0) is 7.84. The van der Waals surface area contributed by atoms with Gasteiger partial charge in [-0.25, -0.2) is 0 Å². The third-order valence-electron chi connectivity index (χ3n) is 1.82. The molecule has 11 heavy (non-hydrogen) atoms. The molecule has 1 fully saturated rings. The molecule has 1 aliphatic carbocycles. The lowest BCUT2D eigenvalue weighted by Gasteiger charge is -1.99. The van der Waals surface area contributed by atoms with E-state index in [9.17, 15) is 0 Å².